The highest BCUT2D eigenvalue weighted by Crippen LogP contribution is 2.37. The molecule has 0 spiro atoms. The van der Waals surface area contributed by atoms with Crippen molar-refractivity contribution in [1.82, 2.24) is 4.72 Å². The Labute approximate surface area is 158 Å². The van der Waals surface area contributed by atoms with Crippen LogP contribution in [0.4, 0.5) is 0 Å². The molecule has 0 unspecified atom stereocenters. The molecule has 0 atom stereocenters. The van der Waals surface area contributed by atoms with E-state index in [4.69, 9.17) is 9.31 Å². The van der Waals surface area contributed by atoms with Crippen LogP contribution >= 0.6 is 11.9 Å². The molecule has 0 aromatic heterocycles. The van der Waals surface area contributed by atoms with Crippen LogP contribution in [-0.4, -0.2) is 23.9 Å². The second kappa shape index (κ2) is 6.59. The van der Waals surface area contributed by atoms with E-state index in [0.29, 0.717) is 0 Å². The van der Waals surface area contributed by atoms with Crippen molar-refractivity contribution in [2.24, 2.45) is 0 Å². The van der Waals surface area contributed by atoms with Gasteiger partial charge in [0.25, 0.3) is 0 Å². The molecule has 0 aliphatic carbocycles. The monoisotopic (exact) mass is 363 g/mol. The molecule has 1 heterocycles. The van der Waals surface area contributed by atoms with Crippen molar-refractivity contribution in [3.63, 3.8) is 0 Å². The fraction of sp³-hybridized carbons (Fsp3) is 0.700. The van der Waals surface area contributed by atoms with E-state index in [1.165, 1.54) is 10.5 Å². The summed E-state index contributed by atoms with van der Waals surface area (Å²) in [5, 5.41) is 0. The number of rotatable bonds is 3. The molecule has 1 fully saturated rings. The molecular weight excluding hydrogens is 329 g/mol. The topological polar surface area (TPSA) is 30.5 Å². The molecule has 0 radical (unpaired) electrons. The third-order valence-electron chi connectivity index (χ3n) is 4.80. The van der Waals surface area contributed by atoms with Crippen molar-refractivity contribution in [3.05, 3.63) is 23.8 Å². The Balaban J connectivity index is 2.34. The molecule has 3 nitrogen and oxygen atoms in total. The molecule has 1 aromatic rings. The standard InChI is InChI=1S/C20H34BNO2S/c1-17(2,3)15-13-14(11-12-16(15)25-22-18(4,5)6)21-23-19(7,8)20(9,10)24-21/h11-13,22H,1-10H3. The molecule has 1 aromatic carbocycles. The summed E-state index contributed by atoms with van der Waals surface area (Å²) < 4.78 is 16.0. The molecular formula is C20H34BNO2S. The lowest BCUT2D eigenvalue weighted by Crippen LogP contribution is -2.41. The van der Waals surface area contributed by atoms with E-state index in [0.717, 1.165) is 5.46 Å². The molecule has 5 heteroatoms. The summed E-state index contributed by atoms with van der Waals surface area (Å²) in [7, 11) is -0.319. The summed E-state index contributed by atoms with van der Waals surface area (Å²) >= 11 is 1.70. The lowest BCUT2D eigenvalue weighted by atomic mass is 9.75. The fourth-order valence-corrected chi connectivity index (χ4v) is 3.58. The maximum atomic E-state index is 6.23. The summed E-state index contributed by atoms with van der Waals surface area (Å²) in [5.41, 5.74) is 1.86. The van der Waals surface area contributed by atoms with E-state index in [1.54, 1.807) is 11.9 Å². The van der Waals surface area contributed by atoms with E-state index in [-0.39, 0.29) is 29.3 Å². The highest BCUT2D eigenvalue weighted by Gasteiger charge is 2.51. The van der Waals surface area contributed by atoms with Gasteiger partial charge in [-0.25, -0.2) is 0 Å². The first-order chi connectivity index (χ1) is 11.1. The normalized spacial score (nSPS) is 20.2. The fourth-order valence-electron chi connectivity index (χ4n) is 2.56. The van der Waals surface area contributed by atoms with Gasteiger partial charge in [-0.3, -0.25) is 4.72 Å². The van der Waals surface area contributed by atoms with Crippen molar-refractivity contribution in [2.75, 3.05) is 0 Å². The Kier molecular flexibility index (Phi) is 5.49. The number of hydrogen-bond acceptors (Lipinski definition) is 4. The van der Waals surface area contributed by atoms with Gasteiger partial charge in [0, 0.05) is 10.4 Å². The van der Waals surface area contributed by atoms with Gasteiger partial charge in [0.15, 0.2) is 0 Å². The largest absolute Gasteiger partial charge is 0.494 e. The predicted molar refractivity (Wildman–Crippen MR) is 110 cm³/mol. The highest BCUT2D eigenvalue weighted by molar-refractivity contribution is 7.97. The van der Waals surface area contributed by atoms with Gasteiger partial charge in [-0.15, -0.1) is 0 Å². The van der Waals surface area contributed by atoms with Crippen molar-refractivity contribution in [1.29, 1.82) is 0 Å². The van der Waals surface area contributed by atoms with Crippen molar-refractivity contribution in [3.8, 4) is 0 Å². The third-order valence-corrected chi connectivity index (χ3v) is 6.09. The van der Waals surface area contributed by atoms with E-state index >= 15 is 0 Å². The molecule has 0 saturated carbocycles. The van der Waals surface area contributed by atoms with Crippen LogP contribution in [0.3, 0.4) is 0 Å². The van der Waals surface area contributed by atoms with E-state index in [9.17, 15) is 0 Å². The van der Waals surface area contributed by atoms with Crippen molar-refractivity contribution >= 4 is 24.5 Å². The lowest BCUT2D eigenvalue weighted by molar-refractivity contribution is 0.00578. The molecule has 0 bridgehead atoms. The van der Waals surface area contributed by atoms with Gasteiger partial charge in [0.05, 0.1) is 11.2 Å². The van der Waals surface area contributed by atoms with Gasteiger partial charge < -0.3 is 9.31 Å². The minimum atomic E-state index is -0.319. The molecule has 2 rings (SSSR count). The molecule has 25 heavy (non-hydrogen) atoms. The summed E-state index contributed by atoms with van der Waals surface area (Å²) in [4.78, 5) is 1.25. The second-order valence-electron chi connectivity index (χ2n) is 10.0. The lowest BCUT2D eigenvalue weighted by Gasteiger charge is -2.32. The first-order valence-electron chi connectivity index (χ1n) is 9.06. The minimum absolute atomic E-state index is 0.0432. The predicted octanol–water partition coefficient (Wildman–Crippen LogP) is 4.68. The van der Waals surface area contributed by atoms with E-state index < -0.39 is 0 Å². The van der Waals surface area contributed by atoms with Crippen LogP contribution in [0.25, 0.3) is 0 Å². The Hall–Kier alpha value is -0.485. The van der Waals surface area contributed by atoms with E-state index in [1.807, 2.05) is 0 Å². The maximum Gasteiger partial charge on any atom is 0.494 e. The summed E-state index contributed by atoms with van der Waals surface area (Å²) in [6.45, 7) is 21.6. The Morgan fingerprint density at radius 3 is 1.88 bits per heavy atom. The number of nitrogens with one attached hydrogen (secondary N) is 1. The van der Waals surface area contributed by atoms with Crippen LogP contribution in [0.15, 0.2) is 23.1 Å². The quantitative estimate of drug-likeness (QED) is 0.624. The molecule has 140 valence electrons. The Morgan fingerprint density at radius 2 is 1.44 bits per heavy atom. The molecule has 1 N–H and O–H groups in total. The average Bonchev–Trinajstić information content (AvgIpc) is 2.63. The van der Waals surface area contributed by atoms with Gasteiger partial charge in [-0.05, 0) is 82.9 Å². The maximum absolute atomic E-state index is 6.23. The molecule has 1 aliphatic rings. The van der Waals surface area contributed by atoms with Gasteiger partial charge in [-0.2, -0.15) is 0 Å². The van der Waals surface area contributed by atoms with Crippen molar-refractivity contribution in [2.45, 2.75) is 96.3 Å². The first kappa shape index (κ1) is 20.8. The number of benzene rings is 1. The Bertz CT molecular complexity index is 614. The molecule has 0 amide bonds. The Morgan fingerprint density at radius 1 is 0.920 bits per heavy atom. The third kappa shape index (κ3) is 4.82. The summed E-state index contributed by atoms with van der Waals surface area (Å²) in [6.07, 6.45) is 0. The highest BCUT2D eigenvalue weighted by atomic mass is 32.2. The SMILES string of the molecule is CC(C)(C)NSc1ccc(B2OC(C)(C)C(C)(C)O2)cc1C(C)(C)C. The van der Waals surface area contributed by atoms with Crippen LogP contribution in [-0.2, 0) is 14.7 Å². The van der Waals surface area contributed by atoms with Gasteiger partial charge >= 0.3 is 7.12 Å². The van der Waals surface area contributed by atoms with Crippen LogP contribution in [0.1, 0.15) is 74.8 Å². The minimum Gasteiger partial charge on any atom is -0.399 e. The first-order valence-corrected chi connectivity index (χ1v) is 9.88. The second-order valence-corrected chi connectivity index (χ2v) is 10.9. The number of hydrogen-bond donors (Lipinski definition) is 1. The van der Waals surface area contributed by atoms with Crippen LogP contribution in [0.5, 0.6) is 0 Å². The van der Waals surface area contributed by atoms with Gasteiger partial charge in [0.1, 0.15) is 0 Å². The van der Waals surface area contributed by atoms with Gasteiger partial charge in [0.2, 0.25) is 0 Å². The molecule has 1 saturated heterocycles. The van der Waals surface area contributed by atoms with Crippen LogP contribution in [0, 0.1) is 0 Å². The average molecular weight is 363 g/mol. The van der Waals surface area contributed by atoms with Crippen LogP contribution in [0.2, 0.25) is 0 Å². The summed E-state index contributed by atoms with van der Waals surface area (Å²) in [6, 6.07) is 6.56. The van der Waals surface area contributed by atoms with Crippen molar-refractivity contribution < 1.29 is 9.31 Å². The zero-order chi connectivity index (χ0) is 19.3. The zero-order valence-corrected chi connectivity index (χ0v) is 18.4. The zero-order valence-electron chi connectivity index (χ0n) is 17.5. The summed E-state index contributed by atoms with van der Waals surface area (Å²) in [5.74, 6) is 0. The smallest absolute Gasteiger partial charge is 0.399 e. The van der Waals surface area contributed by atoms with E-state index in [2.05, 4.69) is 92.2 Å². The van der Waals surface area contributed by atoms with Crippen LogP contribution < -0.4 is 10.2 Å². The van der Waals surface area contributed by atoms with Gasteiger partial charge in [-0.1, -0.05) is 32.9 Å². The molecule has 1 aliphatic heterocycles.